The average Bonchev–Trinajstić information content (AvgIpc) is 3.84. The molecule has 0 atom stereocenters. The second-order valence-electron chi connectivity index (χ2n) is 11.1. The summed E-state index contributed by atoms with van der Waals surface area (Å²) >= 11 is 6.20. The minimum Gasteiger partial charge on any atom is -0.324 e. The molecule has 0 aliphatic carbocycles. The highest BCUT2D eigenvalue weighted by Gasteiger charge is 2.22. The first-order valence-electron chi connectivity index (χ1n) is 14.8. The molecule has 47 heavy (non-hydrogen) atoms. The topological polar surface area (TPSA) is 148 Å². The Morgan fingerprint density at radius 2 is 0.830 bits per heavy atom. The van der Waals surface area contributed by atoms with Crippen molar-refractivity contribution < 1.29 is 0 Å². The zero-order valence-corrected chi connectivity index (χ0v) is 24.9. The maximum atomic E-state index is 6.20. The van der Waals surface area contributed by atoms with Gasteiger partial charge in [0.25, 0.3) is 0 Å². The van der Waals surface area contributed by atoms with Gasteiger partial charge in [-0.3, -0.25) is 0 Å². The lowest BCUT2D eigenvalue weighted by Gasteiger charge is -2.02. The van der Waals surface area contributed by atoms with Gasteiger partial charge in [-0.2, -0.15) is 4.98 Å². The summed E-state index contributed by atoms with van der Waals surface area (Å²) < 4.78 is 0. The highest BCUT2D eigenvalue weighted by atomic mass is 35.5. The largest absolute Gasteiger partial charge is 0.324 e. The van der Waals surface area contributed by atoms with E-state index in [1.54, 1.807) is 0 Å². The van der Waals surface area contributed by atoms with Crippen molar-refractivity contribution in [3.05, 3.63) is 103 Å². The van der Waals surface area contributed by atoms with Gasteiger partial charge in [0.2, 0.25) is 5.28 Å². The number of hydrogen-bond donors (Lipinski definition) is 2. The summed E-state index contributed by atoms with van der Waals surface area (Å²) in [6.45, 7) is 0. The zero-order valence-electron chi connectivity index (χ0n) is 24.1. The fraction of sp³-hybridized carbons (Fsp3) is 0. The van der Waals surface area contributed by atoms with Crippen LogP contribution in [0.4, 0.5) is 0 Å². The van der Waals surface area contributed by atoms with Crippen molar-refractivity contribution in [2.75, 3.05) is 0 Å². The number of benzene rings is 4. The van der Waals surface area contributed by atoms with Gasteiger partial charge in [0.15, 0.2) is 29.1 Å². The van der Waals surface area contributed by atoms with E-state index >= 15 is 0 Å². The number of aromatic nitrogens is 11. The normalized spacial score (nSPS) is 11.9. The Kier molecular flexibility index (Phi) is 5.37. The Labute approximate surface area is 269 Å². The quantitative estimate of drug-likeness (QED) is 0.190. The lowest BCUT2D eigenvalue weighted by molar-refractivity contribution is 1.06. The molecule has 0 saturated carbocycles. The van der Waals surface area contributed by atoms with E-state index in [2.05, 4.69) is 24.9 Å². The van der Waals surface area contributed by atoms with Crippen molar-refractivity contribution >= 4 is 55.7 Å². The van der Waals surface area contributed by atoms with Crippen molar-refractivity contribution in [2.45, 2.75) is 0 Å². The summed E-state index contributed by atoms with van der Waals surface area (Å²) in [5.74, 6) is 2.52. The van der Waals surface area contributed by atoms with E-state index in [9.17, 15) is 0 Å². The third-order valence-corrected chi connectivity index (χ3v) is 8.54. The first-order valence-corrected chi connectivity index (χ1v) is 15.1. The van der Waals surface area contributed by atoms with Crippen LogP contribution in [0.1, 0.15) is 0 Å². The highest BCUT2D eigenvalue weighted by molar-refractivity contribution is 6.28. The van der Waals surface area contributed by atoms with E-state index in [0.29, 0.717) is 57.3 Å². The molecule has 0 saturated heterocycles. The molecule has 0 unspecified atom stereocenters. The van der Waals surface area contributed by atoms with Crippen LogP contribution in [0, 0.1) is 0 Å². The Balaban J connectivity index is 1.42. The maximum Gasteiger partial charge on any atom is 0.225 e. The molecule has 11 nitrogen and oxygen atoms in total. The highest BCUT2D eigenvalue weighted by Crippen LogP contribution is 2.38. The predicted molar refractivity (Wildman–Crippen MR) is 180 cm³/mol. The molecule has 4 aromatic heterocycles. The van der Waals surface area contributed by atoms with Gasteiger partial charge < -0.3 is 9.97 Å². The number of nitrogens with one attached hydrogen (secondary N) is 2. The molecule has 0 spiro atoms. The number of hydrogen-bond acceptors (Lipinski definition) is 9. The van der Waals surface area contributed by atoms with Crippen LogP contribution >= 0.6 is 11.6 Å². The van der Waals surface area contributed by atoms with E-state index < -0.39 is 0 Å². The molecule has 2 N–H and O–H groups in total. The van der Waals surface area contributed by atoms with Gasteiger partial charge in [-0.15, -0.1) is 0 Å². The van der Waals surface area contributed by atoms with Crippen LogP contribution in [0.15, 0.2) is 97.3 Å². The van der Waals surface area contributed by atoms with Gasteiger partial charge in [0, 0.05) is 49.4 Å². The van der Waals surface area contributed by atoms with Crippen LogP contribution in [-0.4, -0.2) is 54.8 Å². The Morgan fingerprint density at radius 1 is 0.383 bits per heavy atom. The monoisotopic (exact) mass is 627 g/mol. The van der Waals surface area contributed by atoms with Crippen LogP contribution in [0.2, 0.25) is 5.28 Å². The Bertz CT molecular complexity index is 2780. The predicted octanol–water partition coefficient (Wildman–Crippen LogP) is 7.37. The Morgan fingerprint density at radius 3 is 1.38 bits per heavy atom. The fourth-order valence-electron chi connectivity index (χ4n) is 6.28. The van der Waals surface area contributed by atoms with E-state index in [0.717, 1.165) is 43.8 Å². The van der Waals surface area contributed by atoms with Gasteiger partial charge >= 0.3 is 0 Å². The lowest BCUT2D eigenvalue weighted by atomic mass is 10.1. The smallest absolute Gasteiger partial charge is 0.225 e. The SMILES string of the molecule is Clc1ncnc(-c2cccc3c4nc5nc(nc6[nH]c(nc7nc(nc([nH]4)c23)-c2ccccc2-7)c2ccccc62)-c2ccccc2-5)n1. The molecule has 2 aliphatic heterocycles. The molecule has 220 valence electrons. The van der Waals surface area contributed by atoms with Crippen LogP contribution in [0.3, 0.4) is 0 Å². The molecule has 12 heteroatoms. The molecule has 8 aromatic rings. The van der Waals surface area contributed by atoms with Gasteiger partial charge in [-0.25, -0.2) is 39.9 Å². The fourth-order valence-corrected chi connectivity index (χ4v) is 6.41. The van der Waals surface area contributed by atoms with E-state index in [-0.39, 0.29) is 5.28 Å². The molecular formula is C35H18ClN11. The summed E-state index contributed by atoms with van der Waals surface area (Å²) in [4.78, 5) is 49.9. The number of fused-ring (bicyclic) bond motifs is 20. The molecule has 2 aliphatic rings. The molecule has 0 fully saturated rings. The number of H-pyrrole nitrogens is 2. The maximum absolute atomic E-state index is 6.20. The van der Waals surface area contributed by atoms with E-state index in [4.69, 9.17) is 41.5 Å². The molecule has 6 heterocycles. The van der Waals surface area contributed by atoms with Gasteiger partial charge in [-0.05, 0) is 11.6 Å². The van der Waals surface area contributed by atoms with Gasteiger partial charge in [0.05, 0.1) is 0 Å². The first kappa shape index (κ1) is 25.8. The third-order valence-electron chi connectivity index (χ3n) is 8.36. The van der Waals surface area contributed by atoms with Crippen molar-refractivity contribution in [1.29, 1.82) is 0 Å². The third kappa shape index (κ3) is 3.97. The molecule has 4 aromatic carbocycles. The summed E-state index contributed by atoms with van der Waals surface area (Å²) in [6.07, 6.45) is 1.39. The first-order chi connectivity index (χ1) is 23.2. The number of aromatic amines is 2. The summed E-state index contributed by atoms with van der Waals surface area (Å²) in [5.41, 5.74) is 6.56. The molecule has 0 amide bonds. The molecule has 8 bridgehead atoms. The number of nitrogens with zero attached hydrogens (tertiary/aromatic N) is 9. The molecule has 10 rings (SSSR count). The summed E-state index contributed by atoms with van der Waals surface area (Å²) in [7, 11) is 0. The standard InChI is InChI=1S/C35H18ClN11/c36-35-38-16-37-26(47-35)23-14-7-15-24-25(23)34-45-32-22-13-6-5-12-21(22)30(43-32)41-28-18-9-2-1-8-17(18)27(39-28)40-29-19-10-3-4-11-20(19)31(42-29)44-33(24)46-34/h1-16H,(H2,39,40,41,42,43,44,45,46). The zero-order chi connectivity index (χ0) is 31.1. The van der Waals surface area contributed by atoms with E-state index in [1.807, 2.05) is 91.0 Å². The minimum atomic E-state index is 0.0926. The van der Waals surface area contributed by atoms with Crippen molar-refractivity contribution in [2.24, 2.45) is 0 Å². The van der Waals surface area contributed by atoms with Crippen molar-refractivity contribution in [1.82, 2.24) is 54.8 Å². The minimum absolute atomic E-state index is 0.0926. The molecule has 0 radical (unpaired) electrons. The number of halogens is 1. The van der Waals surface area contributed by atoms with Crippen LogP contribution in [0.5, 0.6) is 0 Å². The van der Waals surface area contributed by atoms with Crippen molar-refractivity contribution in [3.63, 3.8) is 0 Å². The number of rotatable bonds is 1. The van der Waals surface area contributed by atoms with Crippen molar-refractivity contribution in [3.8, 4) is 56.9 Å². The lowest BCUT2D eigenvalue weighted by Crippen LogP contribution is -1.92. The average molecular weight is 628 g/mol. The molecular weight excluding hydrogens is 610 g/mol. The second-order valence-corrected chi connectivity index (χ2v) is 11.4. The van der Waals surface area contributed by atoms with E-state index in [1.165, 1.54) is 6.33 Å². The second kappa shape index (κ2) is 9.77. The van der Waals surface area contributed by atoms with Crippen LogP contribution in [0.25, 0.3) is 101 Å². The Hall–Kier alpha value is -6.46. The summed E-state index contributed by atoms with van der Waals surface area (Å²) in [5, 5.41) is 3.49. The van der Waals surface area contributed by atoms with Crippen LogP contribution < -0.4 is 0 Å². The van der Waals surface area contributed by atoms with Gasteiger partial charge in [-0.1, -0.05) is 91.0 Å². The van der Waals surface area contributed by atoms with Crippen LogP contribution in [-0.2, 0) is 0 Å². The summed E-state index contributed by atoms with van der Waals surface area (Å²) in [6, 6.07) is 29.7. The van der Waals surface area contributed by atoms with Gasteiger partial charge in [0.1, 0.15) is 28.9 Å².